The van der Waals surface area contributed by atoms with Crippen LogP contribution in [0, 0.1) is 18.7 Å². The van der Waals surface area contributed by atoms with Gasteiger partial charge in [-0.1, -0.05) is 6.92 Å². The molecule has 1 aliphatic heterocycles. The molecule has 0 radical (unpaired) electrons. The van der Waals surface area contributed by atoms with Crippen molar-refractivity contribution < 1.29 is 9.18 Å². The number of likely N-dealkylation sites (tertiary alicyclic amines) is 1. The minimum Gasteiger partial charge on any atom is -0.341 e. The summed E-state index contributed by atoms with van der Waals surface area (Å²) in [6.45, 7) is 5.31. The molecule has 1 aromatic carbocycles. The van der Waals surface area contributed by atoms with Gasteiger partial charge < -0.3 is 4.90 Å². The second kappa shape index (κ2) is 7.17. The van der Waals surface area contributed by atoms with Crippen LogP contribution >= 0.6 is 0 Å². The van der Waals surface area contributed by atoms with Crippen molar-refractivity contribution in [2.75, 3.05) is 13.1 Å². The predicted octanol–water partition coefficient (Wildman–Crippen LogP) is 2.62. The number of nitrogens with zero attached hydrogens (tertiary/aromatic N) is 3. The van der Waals surface area contributed by atoms with Gasteiger partial charge in [-0.05, 0) is 49.9 Å². The number of carbonyl (C=O) groups excluding carboxylic acids is 1. The van der Waals surface area contributed by atoms with E-state index in [0.717, 1.165) is 25.9 Å². The quantitative estimate of drug-likeness (QED) is 0.861. The molecule has 1 saturated heterocycles. The summed E-state index contributed by atoms with van der Waals surface area (Å²) in [6, 6.07) is 7.20. The molecule has 0 saturated carbocycles. The Morgan fingerprint density at radius 1 is 1.24 bits per heavy atom. The molecular formula is C19H22FN3O2. The molecule has 1 aromatic heterocycles. The molecular weight excluding hydrogens is 321 g/mol. The smallest absolute Gasteiger partial charge is 0.254 e. The molecule has 0 bridgehead atoms. The topological polar surface area (TPSA) is 55.2 Å². The van der Waals surface area contributed by atoms with Gasteiger partial charge in [-0.3, -0.25) is 14.2 Å². The Balaban J connectivity index is 1.91. The number of aryl methyl sites for hydroxylation is 1. The average Bonchev–Trinajstić information content (AvgIpc) is 2.58. The molecule has 5 nitrogen and oxygen atoms in total. The van der Waals surface area contributed by atoms with Crippen molar-refractivity contribution in [2.24, 2.45) is 5.92 Å². The number of carbonyl (C=O) groups is 1. The molecule has 3 rings (SSSR count). The van der Waals surface area contributed by atoms with Crippen LogP contribution in [0.2, 0.25) is 0 Å². The van der Waals surface area contributed by atoms with Gasteiger partial charge in [0.25, 0.3) is 5.56 Å². The summed E-state index contributed by atoms with van der Waals surface area (Å²) in [5, 5.41) is 0. The van der Waals surface area contributed by atoms with Crippen LogP contribution in [0.5, 0.6) is 0 Å². The second-order valence-corrected chi connectivity index (χ2v) is 6.72. The van der Waals surface area contributed by atoms with Crippen molar-refractivity contribution in [3.8, 4) is 11.4 Å². The Labute approximate surface area is 146 Å². The first-order chi connectivity index (χ1) is 11.9. The fourth-order valence-corrected chi connectivity index (χ4v) is 3.09. The zero-order valence-electron chi connectivity index (χ0n) is 14.5. The molecule has 132 valence electrons. The van der Waals surface area contributed by atoms with Crippen molar-refractivity contribution >= 4 is 5.91 Å². The van der Waals surface area contributed by atoms with Crippen LogP contribution in [0.4, 0.5) is 4.39 Å². The summed E-state index contributed by atoms with van der Waals surface area (Å²) in [4.78, 5) is 31.3. The number of benzene rings is 1. The maximum Gasteiger partial charge on any atom is 0.254 e. The highest BCUT2D eigenvalue weighted by molar-refractivity contribution is 5.76. The number of piperidine rings is 1. The van der Waals surface area contributed by atoms with E-state index in [4.69, 9.17) is 0 Å². The Hall–Kier alpha value is -2.50. The zero-order chi connectivity index (χ0) is 18.0. The van der Waals surface area contributed by atoms with Gasteiger partial charge in [-0.25, -0.2) is 9.37 Å². The molecule has 1 aliphatic rings. The molecule has 1 fully saturated rings. The normalized spacial score (nSPS) is 15.4. The summed E-state index contributed by atoms with van der Waals surface area (Å²) in [5.74, 6) is 0.582. The van der Waals surface area contributed by atoms with E-state index in [1.165, 1.54) is 22.8 Å². The molecule has 2 aromatic rings. The number of halogens is 1. The third-order valence-corrected chi connectivity index (χ3v) is 4.67. The van der Waals surface area contributed by atoms with E-state index >= 15 is 0 Å². The summed E-state index contributed by atoms with van der Waals surface area (Å²) < 4.78 is 14.6. The predicted molar refractivity (Wildman–Crippen MR) is 93.6 cm³/mol. The lowest BCUT2D eigenvalue weighted by Gasteiger charge is -2.30. The van der Waals surface area contributed by atoms with Crippen LogP contribution in [-0.2, 0) is 11.3 Å². The van der Waals surface area contributed by atoms with E-state index in [2.05, 4.69) is 11.9 Å². The lowest BCUT2D eigenvalue weighted by atomic mass is 9.99. The molecule has 0 spiro atoms. The van der Waals surface area contributed by atoms with Crippen LogP contribution in [-0.4, -0.2) is 33.4 Å². The third-order valence-electron chi connectivity index (χ3n) is 4.67. The van der Waals surface area contributed by atoms with Gasteiger partial charge in [-0.2, -0.15) is 0 Å². The SMILES string of the molecule is Cc1cc(=O)n(CC(=O)N2CCC(C)CC2)c(-c2ccc(F)cc2)n1. The Kier molecular flexibility index (Phi) is 4.97. The first-order valence-electron chi connectivity index (χ1n) is 8.56. The minimum atomic E-state index is -0.358. The molecule has 0 aliphatic carbocycles. The molecule has 0 N–H and O–H groups in total. The lowest BCUT2D eigenvalue weighted by molar-refractivity contribution is -0.133. The van der Waals surface area contributed by atoms with Crippen LogP contribution in [0.25, 0.3) is 11.4 Å². The molecule has 2 heterocycles. The fourth-order valence-electron chi connectivity index (χ4n) is 3.09. The first kappa shape index (κ1) is 17.3. The lowest BCUT2D eigenvalue weighted by Crippen LogP contribution is -2.41. The monoisotopic (exact) mass is 343 g/mol. The van der Waals surface area contributed by atoms with Crippen LogP contribution in [0.15, 0.2) is 35.1 Å². The maximum atomic E-state index is 13.2. The molecule has 6 heteroatoms. The second-order valence-electron chi connectivity index (χ2n) is 6.72. The summed E-state index contributed by atoms with van der Waals surface area (Å²) in [6.07, 6.45) is 1.97. The summed E-state index contributed by atoms with van der Waals surface area (Å²) in [7, 11) is 0. The van der Waals surface area contributed by atoms with Gasteiger partial charge in [0.1, 0.15) is 18.2 Å². The zero-order valence-corrected chi connectivity index (χ0v) is 14.5. The number of rotatable bonds is 3. The van der Waals surface area contributed by atoms with E-state index in [0.29, 0.717) is 23.0 Å². The van der Waals surface area contributed by atoms with Gasteiger partial charge in [0.2, 0.25) is 5.91 Å². The highest BCUT2D eigenvalue weighted by Gasteiger charge is 2.22. The molecule has 25 heavy (non-hydrogen) atoms. The third kappa shape index (κ3) is 3.95. The van der Waals surface area contributed by atoms with Crippen molar-refractivity contribution in [1.82, 2.24) is 14.5 Å². The number of hydrogen-bond acceptors (Lipinski definition) is 3. The molecule has 1 amide bonds. The van der Waals surface area contributed by atoms with Gasteiger partial charge >= 0.3 is 0 Å². The Morgan fingerprint density at radius 2 is 1.88 bits per heavy atom. The van der Waals surface area contributed by atoms with Crippen molar-refractivity contribution in [1.29, 1.82) is 0 Å². The van der Waals surface area contributed by atoms with E-state index in [9.17, 15) is 14.0 Å². The summed E-state index contributed by atoms with van der Waals surface area (Å²) >= 11 is 0. The first-order valence-corrected chi connectivity index (χ1v) is 8.56. The number of hydrogen-bond donors (Lipinski definition) is 0. The van der Waals surface area contributed by atoms with Gasteiger partial charge in [0, 0.05) is 30.4 Å². The molecule has 0 atom stereocenters. The average molecular weight is 343 g/mol. The largest absolute Gasteiger partial charge is 0.341 e. The highest BCUT2D eigenvalue weighted by Crippen LogP contribution is 2.19. The minimum absolute atomic E-state index is 0.0484. The van der Waals surface area contributed by atoms with Crippen molar-refractivity contribution in [3.05, 3.63) is 52.2 Å². The van der Waals surface area contributed by atoms with Crippen LogP contribution in [0.1, 0.15) is 25.5 Å². The van der Waals surface area contributed by atoms with Crippen molar-refractivity contribution in [2.45, 2.75) is 33.2 Å². The van der Waals surface area contributed by atoms with E-state index in [-0.39, 0.29) is 23.8 Å². The maximum absolute atomic E-state index is 13.2. The van der Waals surface area contributed by atoms with E-state index in [1.54, 1.807) is 24.0 Å². The molecule has 0 unspecified atom stereocenters. The standard InChI is InChI=1S/C19H22FN3O2/c1-13-7-9-22(10-8-13)18(25)12-23-17(24)11-14(2)21-19(23)15-3-5-16(20)6-4-15/h3-6,11,13H,7-10,12H2,1-2H3. The highest BCUT2D eigenvalue weighted by atomic mass is 19.1. The van der Waals surface area contributed by atoms with Crippen LogP contribution in [0.3, 0.4) is 0 Å². The summed E-state index contributed by atoms with van der Waals surface area (Å²) in [5.41, 5.74) is 0.910. The van der Waals surface area contributed by atoms with Gasteiger partial charge in [0.15, 0.2) is 0 Å². The Bertz CT molecular complexity index is 822. The number of amides is 1. The van der Waals surface area contributed by atoms with E-state index in [1.807, 2.05) is 0 Å². The number of aromatic nitrogens is 2. The van der Waals surface area contributed by atoms with Crippen LogP contribution < -0.4 is 5.56 Å². The fraction of sp³-hybridized carbons (Fsp3) is 0.421. The van der Waals surface area contributed by atoms with E-state index < -0.39 is 0 Å². The van der Waals surface area contributed by atoms with Gasteiger partial charge in [-0.15, -0.1) is 0 Å². The van der Waals surface area contributed by atoms with Crippen molar-refractivity contribution in [3.63, 3.8) is 0 Å². The Morgan fingerprint density at radius 3 is 2.52 bits per heavy atom. The van der Waals surface area contributed by atoms with Gasteiger partial charge in [0.05, 0.1) is 0 Å².